The Balaban J connectivity index is 0.000000668. The smallest absolute Gasteiger partial charge is 0.408 e. The van der Waals surface area contributed by atoms with Crippen LogP contribution in [0, 0.1) is 11.8 Å². The standard InChI is InChI=1S/C38H62N4O9S2Si.C28H40N4O6S2/c1-11-12-13-14-15-19-32(44)52-21-17-16-18-28(23-31(43)49-20-22-54(8,9)10)50-36(47)33(26(2)3)42-34(45)27(4)40-35(46)29-25-53-30(41-29)24-39-37(48)51-38(5,6)7;1-5-6-7-8-9-13-24(34)39-14-11-10-12-20-15-22(33)29-16-23-31-21(17-40-23)27(36)30-19(4)26(35)32-25(18(2)3)28(37)38-20/h16,18,25-26,28,33H,4,11-15,17,19-24H2,1-3,5-10H3,(H,39,48)(H,40,46)(H,42,45);10,12,17-18,20,25H,4-9,11,13-16H2,1-3H3,(H,29,33)(H,30,36)(H,32,35)/b18-16+;12-10+/t28-,33+;20-,25+/m11/s1. The van der Waals surface area contributed by atoms with Gasteiger partial charge in [-0.25, -0.2) is 24.4 Å². The number of nitrogens with zero attached hydrogens (tertiary/aromatic N) is 2. The predicted molar refractivity (Wildman–Crippen MR) is 373 cm³/mol. The van der Waals surface area contributed by atoms with Crippen LogP contribution in [0.2, 0.25) is 25.7 Å². The molecule has 23 nitrogen and oxygen atoms in total. The van der Waals surface area contributed by atoms with Gasteiger partial charge >= 0.3 is 24.0 Å². The number of cyclic esters (lactones) is 1. The monoisotopic (exact) mass is 1400 g/mol. The minimum absolute atomic E-state index is 0.00583. The van der Waals surface area contributed by atoms with Crippen molar-refractivity contribution in [2.75, 3.05) is 18.1 Å². The van der Waals surface area contributed by atoms with Gasteiger partial charge in [-0.15, -0.1) is 22.7 Å². The van der Waals surface area contributed by atoms with Gasteiger partial charge in [-0.1, -0.05) is 161 Å². The number of aromatic nitrogens is 2. The number of hydrogen-bond acceptors (Lipinski definition) is 21. The van der Waals surface area contributed by atoms with Crippen molar-refractivity contribution < 1.29 is 71.7 Å². The maximum atomic E-state index is 13.4. The third-order valence-corrected chi connectivity index (χ3v) is 18.8. The highest BCUT2D eigenvalue weighted by molar-refractivity contribution is 8.13. The second-order valence-corrected chi connectivity index (χ2v) is 35.0. The average Bonchev–Trinajstić information content (AvgIpc) is 1.62. The number of carbonyl (C=O) groups excluding carboxylic acids is 11. The molecule has 1 aliphatic heterocycles. The molecule has 3 heterocycles. The number of ether oxygens (including phenoxy) is 4. The molecule has 0 saturated heterocycles. The van der Waals surface area contributed by atoms with Crippen molar-refractivity contribution in [2.45, 2.75) is 234 Å². The second-order valence-electron chi connectivity index (χ2n) is 25.2. The van der Waals surface area contributed by atoms with Crippen LogP contribution in [-0.4, -0.2) is 130 Å². The van der Waals surface area contributed by atoms with E-state index in [0.29, 0.717) is 47.2 Å². The van der Waals surface area contributed by atoms with E-state index < -0.39 is 91.5 Å². The van der Waals surface area contributed by atoms with E-state index in [2.05, 4.69) is 88.5 Å². The molecule has 2 aromatic rings. The molecule has 2 aromatic heterocycles. The number of amides is 6. The van der Waals surface area contributed by atoms with Gasteiger partial charge in [-0.2, -0.15) is 0 Å². The SMILES string of the molecule is C=C(NC(=O)c1csc(CNC(=O)OC(C)(C)C)n1)C(=O)N[C@H](C(=O)O[C@H](/C=C/CCSC(=O)CCCCCCC)CC(=O)OCC[Si](C)(C)C)C(C)C.C=C1NC(=O)c2csc(n2)CNC(=O)C[C@@H](/C=C/CCSC(=O)CCCCCCC)OC(=O)[C@H](C(C)C)NC1=O. The molecule has 0 aliphatic carbocycles. The van der Waals surface area contributed by atoms with Gasteiger partial charge in [0.25, 0.3) is 23.6 Å². The average molecular weight is 1400 g/mol. The Morgan fingerprint density at radius 3 is 2.04 bits per heavy atom. The van der Waals surface area contributed by atoms with Crippen LogP contribution in [0.4, 0.5) is 4.79 Å². The molecule has 524 valence electrons. The van der Waals surface area contributed by atoms with E-state index >= 15 is 0 Å². The Bertz CT molecular complexity index is 2900. The van der Waals surface area contributed by atoms with E-state index in [1.165, 1.54) is 64.9 Å². The van der Waals surface area contributed by atoms with Crippen LogP contribution < -0.4 is 31.9 Å². The first-order chi connectivity index (χ1) is 44.3. The summed E-state index contributed by atoms with van der Waals surface area (Å²) < 4.78 is 22.0. The number of alkyl carbamates (subject to hydrolysis) is 1. The Hall–Kier alpha value is -6.49. The zero-order valence-corrected chi connectivity index (χ0v) is 61.3. The van der Waals surface area contributed by atoms with Crippen molar-refractivity contribution in [3.63, 3.8) is 0 Å². The molecule has 1 aliphatic rings. The minimum Gasteiger partial charge on any atom is -0.466 e. The maximum absolute atomic E-state index is 13.4. The molecule has 94 heavy (non-hydrogen) atoms. The minimum atomic E-state index is -1.44. The summed E-state index contributed by atoms with van der Waals surface area (Å²) in [6.07, 6.45) is 17.1. The highest BCUT2D eigenvalue weighted by Gasteiger charge is 2.32. The van der Waals surface area contributed by atoms with Gasteiger partial charge in [0.05, 0.1) is 43.9 Å². The van der Waals surface area contributed by atoms with Gasteiger partial charge in [0.15, 0.2) is 10.2 Å². The zero-order chi connectivity index (χ0) is 70.4. The molecule has 6 N–H and O–H groups in total. The summed E-state index contributed by atoms with van der Waals surface area (Å²) in [7, 11) is -1.44. The Kier molecular flexibility index (Phi) is 40.1. The summed E-state index contributed by atoms with van der Waals surface area (Å²) in [6, 6.07) is -1.38. The molecule has 0 aromatic carbocycles. The fourth-order valence-electron chi connectivity index (χ4n) is 8.16. The van der Waals surface area contributed by atoms with Gasteiger partial charge in [0.1, 0.15) is 51.3 Å². The van der Waals surface area contributed by atoms with Gasteiger partial charge in [0, 0.05) is 43.2 Å². The van der Waals surface area contributed by atoms with Crippen LogP contribution in [-0.2, 0) is 70.4 Å². The molecule has 4 atom stereocenters. The van der Waals surface area contributed by atoms with Gasteiger partial charge in [0.2, 0.25) is 5.91 Å². The van der Waals surface area contributed by atoms with Crippen LogP contribution in [0.5, 0.6) is 0 Å². The molecule has 28 heteroatoms. The highest BCUT2D eigenvalue weighted by Crippen LogP contribution is 2.20. The molecule has 0 radical (unpaired) electrons. The number of thioether (sulfide) groups is 2. The Morgan fingerprint density at radius 2 is 1.46 bits per heavy atom. The van der Waals surface area contributed by atoms with Crippen LogP contribution in [0.15, 0.2) is 59.6 Å². The number of fused-ring (bicyclic) bond motifs is 2. The summed E-state index contributed by atoms with van der Waals surface area (Å²) in [4.78, 5) is 148. The molecule has 0 unspecified atom stereocenters. The second kappa shape index (κ2) is 45.0. The van der Waals surface area contributed by atoms with E-state index in [-0.39, 0.29) is 77.4 Å². The molecule has 0 saturated carbocycles. The molecule has 3 rings (SSSR count). The van der Waals surface area contributed by atoms with E-state index in [4.69, 9.17) is 18.9 Å². The topological polar surface area (TPSA) is 323 Å². The molecule has 0 fully saturated rings. The lowest BCUT2D eigenvalue weighted by atomic mass is 10.0. The Morgan fingerprint density at radius 1 is 0.840 bits per heavy atom. The zero-order valence-electron chi connectivity index (χ0n) is 57.0. The first-order valence-corrected chi connectivity index (χ1v) is 39.7. The number of carbonyl (C=O) groups is 11. The van der Waals surface area contributed by atoms with Crippen LogP contribution in [0.3, 0.4) is 0 Å². The number of allylic oxidation sites excluding steroid dienone is 2. The largest absolute Gasteiger partial charge is 0.466 e. The molecular weight excluding hydrogens is 1300 g/mol. The van der Waals surface area contributed by atoms with E-state index in [9.17, 15) is 52.7 Å². The van der Waals surface area contributed by atoms with Crippen molar-refractivity contribution >= 4 is 118 Å². The first-order valence-electron chi connectivity index (χ1n) is 32.3. The van der Waals surface area contributed by atoms with Crippen molar-refractivity contribution in [1.29, 1.82) is 0 Å². The molecule has 0 spiro atoms. The number of hydrogen-bond donors (Lipinski definition) is 6. The predicted octanol–water partition coefficient (Wildman–Crippen LogP) is 11.3. The summed E-state index contributed by atoms with van der Waals surface area (Å²) in [6.45, 7) is 30.6. The van der Waals surface area contributed by atoms with E-state index in [1.54, 1.807) is 72.8 Å². The third kappa shape index (κ3) is 37.6. The van der Waals surface area contributed by atoms with Gasteiger partial charge < -0.3 is 50.8 Å². The summed E-state index contributed by atoms with van der Waals surface area (Å²) in [5.74, 6) is -4.90. The lowest BCUT2D eigenvalue weighted by molar-refractivity contribution is -0.156. The highest BCUT2D eigenvalue weighted by atomic mass is 32.2. The van der Waals surface area contributed by atoms with Gasteiger partial charge in [-0.05, 0) is 76.5 Å². The van der Waals surface area contributed by atoms with Crippen LogP contribution in [0.1, 0.15) is 196 Å². The lowest BCUT2D eigenvalue weighted by Gasteiger charge is -2.24. The molecular formula is C66H102N8O15S4Si. The quantitative estimate of drug-likeness (QED) is 0.00932. The van der Waals surface area contributed by atoms with Gasteiger partial charge in [-0.3, -0.25) is 38.4 Å². The lowest BCUT2D eigenvalue weighted by Crippen LogP contribution is -2.48. The summed E-state index contributed by atoms with van der Waals surface area (Å²) >= 11 is 4.87. The summed E-state index contributed by atoms with van der Waals surface area (Å²) in [5.41, 5.74) is -1.13. The number of esters is 3. The maximum Gasteiger partial charge on any atom is 0.408 e. The number of unbranched alkanes of at least 4 members (excludes halogenated alkanes) is 8. The van der Waals surface area contributed by atoms with Crippen molar-refractivity contribution in [3.05, 3.63) is 81.0 Å². The fraction of sp³-hybridized carbons (Fsp3) is 0.621. The van der Waals surface area contributed by atoms with Crippen molar-refractivity contribution in [1.82, 2.24) is 41.9 Å². The summed E-state index contributed by atoms with van der Waals surface area (Å²) in [5, 5.41) is 19.4. The van der Waals surface area contributed by atoms with Crippen molar-refractivity contribution in [2.24, 2.45) is 11.8 Å². The first kappa shape index (κ1) is 83.6. The Labute approximate surface area is 573 Å². The molecule has 2 bridgehead atoms. The number of thiazole rings is 2. The third-order valence-electron chi connectivity index (χ3n) is 13.4. The van der Waals surface area contributed by atoms with Crippen LogP contribution >= 0.6 is 46.2 Å². The van der Waals surface area contributed by atoms with Crippen LogP contribution in [0.25, 0.3) is 0 Å². The van der Waals surface area contributed by atoms with Crippen molar-refractivity contribution in [3.8, 4) is 0 Å². The normalized spacial score (nSPS) is 15.6. The van der Waals surface area contributed by atoms with E-state index in [1.807, 2.05) is 0 Å². The fourth-order valence-corrected chi connectivity index (χ4v) is 11.8. The molecule has 6 amide bonds. The van der Waals surface area contributed by atoms with E-state index in [0.717, 1.165) is 62.3 Å². The number of rotatable bonds is 35. The number of nitrogens with one attached hydrogen (secondary N) is 6.